The normalized spacial score (nSPS) is 50.7. The first-order valence-electron chi connectivity index (χ1n) is 3.56. The van der Waals surface area contributed by atoms with E-state index < -0.39 is 6.16 Å². The van der Waals surface area contributed by atoms with Crippen molar-refractivity contribution in [2.24, 2.45) is 0 Å². The maximum absolute atomic E-state index is 10.6. The van der Waals surface area contributed by atoms with Crippen LogP contribution in [0.15, 0.2) is 12.2 Å². The van der Waals surface area contributed by atoms with Gasteiger partial charge in [0.1, 0.15) is 12.2 Å². The Morgan fingerprint density at radius 1 is 1.09 bits per heavy atom. The highest BCUT2D eigenvalue weighted by Gasteiger charge is 2.55. The lowest BCUT2D eigenvalue weighted by molar-refractivity contribution is 0.0262. The van der Waals surface area contributed by atoms with Crippen LogP contribution in [-0.2, 0) is 14.2 Å². The molecule has 3 heterocycles. The molecule has 4 atom stereocenters. The van der Waals surface area contributed by atoms with Gasteiger partial charge in [0.15, 0.2) is 12.2 Å². The van der Waals surface area contributed by atoms with Gasteiger partial charge in [0.25, 0.3) is 0 Å². The molecule has 2 fully saturated rings. The molecule has 3 rings (SSSR count). The minimum absolute atomic E-state index is 0.0727. The van der Waals surface area contributed by atoms with Gasteiger partial charge in [0.05, 0.1) is 0 Å². The molecule has 4 heteroatoms. The van der Waals surface area contributed by atoms with Crippen LogP contribution < -0.4 is 0 Å². The molecule has 2 bridgehead atoms. The van der Waals surface area contributed by atoms with E-state index in [9.17, 15) is 4.79 Å². The summed E-state index contributed by atoms with van der Waals surface area (Å²) in [7, 11) is 0. The van der Waals surface area contributed by atoms with Gasteiger partial charge in [0, 0.05) is 0 Å². The summed E-state index contributed by atoms with van der Waals surface area (Å²) in [4.78, 5) is 10.6. The van der Waals surface area contributed by atoms with Crippen molar-refractivity contribution in [2.45, 2.75) is 24.4 Å². The zero-order valence-corrected chi connectivity index (χ0v) is 5.60. The van der Waals surface area contributed by atoms with Crippen LogP contribution in [0.25, 0.3) is 0 Å². The lowest BCUT2D eigenvalue weighted by atomic mass is 10.0. The van der Waals surface area contributed by atoms with Gasteiger partial charge in [-0.05, 0) is 0 Å². The molecule has 3 aliphatic heterocycles. The van der Waals surface area contributed by atoms with Gasteiger partial charge in [-0.3, -0.25) is 0 Å². The maximum Gasteiger partial charge on any atom is 0.509 e. The van der Waals surface area contributed by atoms with E-state index >= 15 is 0 Å². The molecule has 0 N–H and O–H groups in total. The van der Waals surface area contributed by atoms with E-state index in [1.807, 2.05) is 12.2 Å². The Morgan fingerprint density at radius 3 is 2.18 bits per heavy atom. The van der Waals surface area contributed by atoms with Gasteiger partial charge < -0.3 is 14.2 Å². The Hall–Kier alpha value is -1.03. The molecule has 2 saturated heterocycles. The topological polar surface area (TPSA) is 44.8 Å². The molecule has 11 heavy (non-hydrogen) atoms. The molecule has 3 aliphatic rings. The molecule has 0 spiro atoms. The number of hydrogen-bond donors (Lipinski definition) is 0. The second-order valence-corrected chi connectivity index (χ2v) is 2.87. The van der Waals surface area contributed by atoms with Crippen LogP contribution in [0.4, 0.5) is 4.79 Å². The monoisotopic (exact) mass is 154 g/mol. The second-order valence-electron chi connectivity index (χ2n) is 2.87. The number of ether oxygens (including phenoxy) is 3. The molecule has 0 saturated carbocycles. The van der Waals surface area contributed by atoms with Crippen molar-refractivity contribution in [2.75, 3.05) is 0 Å². The minimum Gasteiger partial charge on any atom is -0.424 e. The number of carbonyl (C=O) groups is 1. The first-order valence-corrected chi connectivity index (χ1v) is 3.56. The van der Waals surface area contributed by atoms with Gasteiger partial charge in [-0.1, -0.05) is 12.2 Å². The number of carbonyl (C=O) groups excluding carboxylic acids is 1. The summed E-state index contributed by atoms with van der Waals surface area (Å²) in [6, 6.07) is 0. The summed E-state index contributed by atoms with van der Waals surface area (Å²) >= 11 is 0. The Labute approximate surface area is 62.7 Å². The number of hydrogen-bond acceptors (Lipinski definition) is 4. The van der Waals surface area contributed by atoms with Crippen molar-refractivity contribution in [1.29, 1.82) is 0 Å². The standard InChI is InChI=1S/C7H6O4/c8-7-10-5-3-1-2-4(9-3)6(5)11-7/h1-6H/t3-,4+,5-,6-/m1/s1. The number of fused-ring (bicyclic) bond motifs is 5. The van der Waals surface area contributed by atoms with Gasteiger partial charge in [-0.15, -0.1) is 0 Å². The SMILES string of the molecule is O=C1O[C@H]2[C@H](O1)[C@H]1C=C[C@@H]2O1. The zero-order valence-electron chi connectivity index (χ0n) is 5.60. The van der Waals surface area contributed by atoms with Crippen LogP contribution in [0.2, 0.25) is 0 Å². The summed E-state index contributed by atoms with van der Waals surface area (Å²) in [6.07, 6.45) is 2.71. The molecular weight excluding hydrogens is 148 g/mol. The lowest BCUT2D eigenvalue weighted by Gasteiger charge is -2.10. The predicted octanol–water partition coefficient (Wildman–Crippen LogP) is 0.228. The molecule has 0 aromatic rings. The van der Waals surface area contributed by atoms with Crippen LogP contribution in [0.1, 0.15) is 0 Å². The fourth-order valence-electron chi connectivity index (χ4n) is 1.76. The van der Waals surface area contributed by atoms with Crippen molar-refractivity contribution >= 4 is 6.16 Å². The molecule has 0 aromatic carbocycles. The van der Waals surface area contributed by atoms with Gasteiger partial charge in [0.2, 0.25) is 0 Å². The average molecular weight is 154 g/mol. The van der Waals surface area contributed by atoms with Crippen LogP contribution in [0.3, 0.4) is 0 Å². The summed E-state index contributed by atoms with van der Waals surface area (Å²) in [5.41, 5.74) is 0. The van der Waals surface area contributed by atoms with E-state index in [-0.39, 0.29) is 24.4 Å². The Kier molecular flexibility index (Phi) is 0.806. The van der Waals surface area contributed by atoms with Crippen molar-refractivity contribution in [1.82, 2.24) is 0 Å². The average Bonchev–Trinajstić information content (AvgIpc) is 2.53. The molecule has 0 radical (unpaired) electrons. The fourth-order valence-corrected chi connectivity index (χ4v) is 1.76. The summed E-state index contributed by atoms with van der Waals surface area (Å²) in [5, 5.41) is 0. The van der Waals surface area contributed by atoms with E-state index in [0.29, 0.717) is 0 Å². The van der Waals surface area contributed by atoms with Crippen LogP contribution >= 0.6 is 0 Å². The van der Waals surface area contributed by atoms with Crippen LogP contribution in [0.5, 0.6) is 0 Å². The van der Waals surface area contributed by atoms with E-state index in [2.05, 4.69) is 0 Å². The van der Waals surface area contributed by atoms with E-state index in [0.717, 1.165) is 0 Å². The van der Waals surface area contributed by atoms with Crippen LogP contribution in [0, 0.1) is 0 Å². The molecule has 0 aliphatic carbocycles. The van der Waals surface area contributed by atoms with Gasteiger partial charge in [-0.25, -0.2) is 4.79 Å². The number of rotatable bonds is 0. The molecule has 0 unspecified atom stereocenters. The highest BCUT2D eigenvalue weighted by atomic mass is 16.8. The smallest absolute Gasteiger partial charge is 0.424 e. The molecule has 58 valence electrons. The van der Waals surface area contributed by atoms with E-state index in [1.165, 1.54) is 0 Å². The first kappa shape index (κ1) is 5.60. The quantitative estimate of drug-likeness (QED) is 0.370. The molecule has 4 nitrogen and oxygen atoms in total. The Bertz CT molecular complexity index is 225. The van der Waals surface area contributed by atoms with Crippen molar-refractivity contribution in [3.63, 3.8) is 0 Å². The highest BCUT2D eigenvalue weighted by molar-refractivity contribution is 5.63. The minimum atomic E-state index is -0.568. The summed E-state index contributed by atoms with van der Waals surface area (Å²) < 4.78 is 15.1. The summed E-state index contributed by atoms with van der Waals surface area (Å²) in [5.74, 6) is 0. The molecule has 0 amide bonds. The summed E-state index contributed by atoms with van der Waals surface area (Å²) in [6.45, 7) is 0. The second kappa shape index (κ2) is 1.58. The Morgan fingerprint density at radius 2 is 1.64 bits per heavy atom. The van der Waals surface area contributed by atoms with Crippen molar-refractivity contribution < 1.29 is 19.0 Å². The van der Waals surface area contributed by atoms with Gasteiger partial charge in [-0.2, -0.15) is 0 Å². The zero-order chi connectivity index (χ0) is 7.42. The molecular formula is C7H6O4. The van der Waals surface area contributed by atoms with E-state index in [1.54, 1.807) is 0 Å². The highest BCUT2D eigenvalue weighted by Crippen LogP contribution is 2.37. The third-order valence-corrected chi connectivity index (χ3v) is 2.24. The fraction of sp³-hybridized carbons (Fsp3) is 0.571. The third kappa shape index (κ3) is 0.557. The largest absolute Gasteiger partial charge is 0.509 e. The Balaban J connectivity index is 1.97. The molecule has 0 aromatic heterocycles. The van der Waals surface area contributed by atoms with Crippen molar-refractivity contribution in [3.05, 3.63) is 12.2 Å². The van der Waals surface area contributed by atoms with E-state index in [4.69, 9.17) is 14.2 Å². The van der Waals surface area contributed by atoms with Gasteiger partial charge >= 0.3 is 6.16 Å². The third-order valence-electron chi connectivity index (χ3n) is 2.24. The van der Waals surface area contributed by atoms with Crippen molar-refractivity contribution in [3.8, 4) is 0 Å². The predicted molar refractivity (Wildman–Crippen MR) is 32.9 cm³/mol. The maximum atomic E-state index is 10.6. The van der Waals surface area contributed by atoms with Crippen LogP contribution in [-0.4, -0.2) is 30.6 Å². The first-order chi connectivity index (χ1) is 5.34. The lowest BCUT2D eigenvalue weighted by Crippen LogP contribution is -2.30.